The fraction of sp³-hybridized carbons (Fsp3) is 0.316. The summed E-state index contributed by atoms with van der Waals surface area (Å²) in [4.78, 5) is 4.21. The normalized spacial score (nSPS) is 17.0. The average molecular weight is 358 g/mol. The first-order chi connectivity index (χ1) is 12.0. The van der Waals surface area contributed by atoms with E-state index in [2.05, 4.69) is 4.98 Å². The highest BCUT2D eigenvalue weighted by Gasteiger charge is 2.27. The molecule has 1 fully saturated rings. The molecule has 0 spiro atoms. The van der Waals surface area contributed by atoms with Gasteiger partial charge in [0.1, 0.15) is 11.9 Å². The van der Waals surface area contributed by atoms with Crippen molar-refractivity contribution in [2.75, 3.05) is 13.1 Å². The van der Waals surface area contributed by atoms with Gasteiger partial charge in [0.15, 0.2) is 0 Å². The molecule has 1 aromatic heterocycles. The molecule has 2 aromatic rings. The van der Waals surface area contributed by atoms with Gasteiger partial charge < -0.3 is 4.74 Å². The quantitative estimate of drug-likeness (QED) is 0.823. The predicted octanol–water partition coefficient (Wildman–Crippen LogP) is 3.23. The Morgan fingerprint density at radius 1 is 1.12 bits per heavy atom. The summed E-state index contributed by atoms with van der Waals surface area (Å²) < 4.78 is 32.3. The zero-order valence-electron chi connectivity index (χ0n) is 14.2. The van der Waals surface area contributed by atoms with Crippen molar-refractivity contribution in [2.24, 2.45) is 0 Å². The number of aromatic nitrogens is 1. The number of sulfonamides is 1. The fourth-order valence-electron chi connectivity index (χ4n) is 2.74. The third-order valence-corrected chi connectivity index (χ3v) is 5.74. The first-order valence-electron chi connectivity index (χ1n) is 8.35. The minimum atomic E-state index is -3.40. The van der Waals surface area contributed by atoms with Crippen molar-refractivity contribution >= 4 is 16.1 Å². The van der Waals surface area contributed by atoms with Crippen molar-refractivity contribution < 1.29 is 13.2 Å². The highest BCUT2D eigenvalue weighted by molar-refractivity contribution is 7.92. The lowest BCUT2D eigenvalue weighted by Gasteiger charge is -2.30. The van der Waals surface area contributed by atoms with Crippen molar-refractivity contribution in [1.29, 1.82) is 0 Å². The molecule has 2 heterocycles. The summed E-state index contributed by atoms with van der Waals surface area (Å²) in [5.74, 6) is 0.732. The van der Waals surface area contributed by atoms with E-state index >= 15 is 0 Å². The van der Waals surface area contributed by atoms with E-state index in [4.69, 9.17) is 4.74 Å². The Kier molecular flexibility index (Phi) is 5.50. The van der Waals surface area contributed by atoms with Crippen LogP contribution in [0.3, 0.4) is 0 Å². The second kappa shape index (κ2) is 7.80. The van der Waals surface area contributed by atoms with E-state index in [0.717, 1.165) is 17.0 Å². The Balaban J connectivity index is 1.56. The van der Waals surface area contributed by atoms with Gasteiger partial charge in [0.05, 0.1) is 6.20 Å². The van der Waals surface area contributed by atoms with Crippen LogP contribution in [-0.2, 0) is 10.0 Å². The molecule has 25 heavy (non-hydrogen) atoms. The Bertz CT molecular complexity index is 810. The van der Waals surface area contributed by atoms with Gasteiger partial charge in [-0.05, 0) is 43.5 Å². The molecule has 1 aromatic carbocycles. The fourth-order valence-corrected chi connectivity index (χ4v) is 3.96. The number of aryl methyl sites for hydroxylation is 1. The molecular weight excluding hydrogens is 336 g/mol. The molecule has 0 saturated carbocycles. The van der Waals surface area contributed by atoms with Crippen LogP contribution in [0.4, 0.5) is 0 Å². The van der Waals surface area contributed by atoms with Gasteiger partial charge in [-0.15, -0.1) is 0 Å². The lowest BCUT2D eigenvalue weighted by Crippen LogP contribution is -2.40. The van der Waals surface area contributed by atoms with Gasteiger partial charge in [-0.25, -0.2) is 8.42 Å². The van der Waals surface area contributed by atoms with Crippen molar-refractivity contribution in [2.45, 2.75) is 25.9 Å². The third kappa shape index (κ3) is 4.90. The number of nitrogens with zero attached hydrogens (tertiary/aromatic N) is 2. The minimum Gasteiger partial charge on any atom is -0.489 e. The van der Waals surface area contributed by atoms with Gasteiger partial charge in [0.25, 0.3) is 0 Å². The van der Waals surface area contributed by atoms with Crippen LogP contribution in [0.25, 0.3) is 6.08 Å². The number of rotatable bonds is 5. The molecule has 0 radical (unpaired) electrons. The van der Waals surface area contributed by atoms with E-state index < -0.39 is 10.0 Å². The largest absolute Gasteiger partial charge is 0.489 e. The topological polar surface area (TPSA) is 59.5 Å². The van der Waals surface area contributed by atoms with Crippen LogP contribution < -0.4 is 4.74 Å². The van der Waals surface area contributed by atoms with E-state index in [1.807, 2.05) is 49.4 Å². The summed E-state index contributed by atoms with van der Waals surface area (Å²) in [5, 5.41) is 1.29. The highest BCUT2D eigenvalue weighted by Crippen LogP contribution is 2.21. The highest BCUT2D eigenvalue weighted by atomic mass is 32.2. The van der Waals surface area contributed by atoms with Crippen LogP contribution in [-0.4, -0.2) is 36.9 Å². The molecule has 5 nitrogen and oxygen atoms in total. The van der Waals surface area contributed by atoms with E-state index in [1.54, 1.807) is 12.3 Å². The molecule has 0 aliphatic carbocycles. The van der Waals surface area contributed by atoms with Crippen molar-refractivity contribution in [3.05, 3.63) is 65.3 Å². The lowest BCUT2D eigenvalue weighted by atomic mass is 10.1. The number of benzene rings is 1. The number of hydrogen-bond donors (Lipinski definition) is 0. The van der Waals surface area contributed by atoms with Crippen LogP contribution >= 0.6 is 0 Å². The molecule has 6 heteroatoms. The first kappa shape index (κ1) is 17.6. The van der Waals surface area contributed by atoms with Crippen LogP contribution in [0.1, 0.15) is 24.1 Å². The zero-order chi connectivity index (χ0) is 17.7. The van der Waals surface area contributed by atoms with Crippen molar-refractivity contribution in [3.8, 4) is 5.75 Å². The number of hydrogen-bond acceptors (Lipinski definition) is 4. The molecule has 1 aliphatic heterocycles. The predicted molar refractivity (Wildman–Crippen MR) is 98.6 cm³/mol. The second-order valence-electron chi connectivity index (χ2n) is 6.11. The number of piperidine rings is 1. The minimum absolute atomic E-state index is 0.0223. The lowest BCUT2D eigenvalue weighted by molar-refractivity contribution is 0.135. The summed E-state index contributed by atoms with van der Waals surface area (Å²) in [6.07, 6.45) is 4.71. The first-order valence-corrected chi connectivity index (χ1v) is 9.86. The van der Waals surface area contributed by atoms with Gasteiger partial charge >= 0.3 is 0 Å². The van der Waals surface area contributed by atoms with Gasteiger partial charge in [0, 0.05) is 24.2 Å². The molecule has 0 N–H and O–H groups in total. The van der Waals surface area contributed by atoms with Gasteiger partial charge in [-0.3, -0.25) is 4.98 Å². The van der Waals surface area contributed by atoms with E-state index in [9.17, 15) is 8.42 Å². The molecule has 1 saturated heterocycles. The van der Waals surface area contributed by atoms with E-state index in [-0.39, 0.29) is 6.10 Å². The standard InChI is InChI=1S/C19H22N2O3S/c1-16-7-8-19(15-20-16)24-18-9-12-21(13-10-18)25(22,23)14-11-17-5-3-2-4-6-17/h2-8,11,14-15,18H,9-10,12-13H2,1H3/b14-11+. The number of ether oxygens (including phenoxy) is 1. The van der Waals surface area contributed by atoms with Crippen molar-refractivity contribution in [1.82, 2.24) is 9.29 Å². The average Bonchev–Trinajstić information content (AvgIpc) is 2.63. The summed E-state index contributed by atoms with van der Waals surface area (Å²) in [5.41, 5.74) is 1.81. The molecule has 132 valence electrons. The zero-order valence-corrected chi connectivity index (χ0v) is 15.0. The van der Waals surface area contributed by atoms with Crippen LogP contribution in [0.2, 0.25) is 0 Å². The Labute approximate surface area is 149 Å². The maximum Gasteiger partial charge on any atom is 0.236 e. The second-order valence-corrected chi connectivity index (χ2v) is 7.93. The van der Waals surface area contributed by atoms with Gasteiger partial charge in [-0.1, -0.05) is 30.3 Å². The molecule has 1 aliphatic rings. The summed E-state index contributed by atoms with van der Waals surface area (Å²) in [6.45, 7) is 2.85. The van der Waals surface area contributed by atoms with Crippen LogP contribution in [0, 0.1) is 6.92 Å². The Hall–Kier alpha value is -2.18. The SMILES string of the molecule is Cc1ccc(OC2CCN(S(=O)(=O)/C=C/c3ccccc3)CC2)cn1. The summed E-state index contributed by atoms with van der Waals surface area (Å²) in [7, 11) is -3.40. The Morgan fingerprint density at radius 3 is 2.48 bits per heavy atom. The van der Waals surface area contributed by atoms with Gasteiger partial charge in [-0.2, -0.15) is 4.31 Å². The van der Waals surface area contributed by atoms with Crippen molar-refractivity contribution in [3.63, 3.8) is 0 Å². The molecular formula is C19H22N2O3S. The van der Waals surface area contributed by atoms with Crippen LogP contribution in [0.15, 0.2) is 54.1 Å². The Morgan fingerprint density at radius 2 is 1.84 bits per heavy atom. The van der Waals surface area contributed by atoms with E-state index in [1.165, 1.54) is 9.71 Å². The number of pyridine rings is 1. The maximum atomic E-state index is 12.4. The molecule has 3 rings (SSSR count). The monoisotopic (exact) mass is 358 g/mol. The summed E-state index contributed by atoms with van der Waals surface area (Å²) in [6, 6.07) is 13.2. The van der Waals surface area contributed by atoms with Crippen LogP contribution in [0.5, 0.6) is 5.75 Å². The van der Waals surface area contributed by atoms with Gasteiger partial charge in [0.2, 0.25) is 10.0 Å². The molecule has 0 unspecified atom stereocenters. The molecule has 0 bridgehead atoms. The molecule has 0 amide bonds. The molecule has 0 atom stereocenters. The smallest absolute Gasteiger partial charge is 0.236 e. The summed E-state index contributed by atoms with van der Waals surface area (Å²) >= 11 is 0. The maximum absolute atomic E-state index is 12.4. The van der Waals surface area contributed by atoms with E-state index in [0.29, 0.717) is 25.9 Å². The third-order valence-electron chi connectivity index (χ3n) is 4.18.